The molecule has 0 saturated carbocycles. The molecule has 0 N–H and O–H groups in total. The molecule has 1 aliphatic rings. The average Bonchev–Trinajstić information content (AvgIpc) is 2.38. The van der Waals surface area contributed by atoms with Gasteiger partial charge in [0.2, 0.25) is 5.91 Å². The summed E-state index contributed by atoms with van der Waals surface area (Å²) in [4.78, 5) is 22.8. The highest BCUT2D eigenvalue weighted by Crippen LogP contribution is 1.96. The predicted octanol–water partition coefficient (Wildman–Crippen LogP) is 0.767. The van der Waals surface area contributed by atoms with Crippen molar-refractivity contribution in [2.24, 2.45) is 0 Å². The van der Waals surface area contributed by atoms with Crippen LogP contribution in [0.5, 0.6) is 0 Å². The number of ether oxygens (including phenoxy) is 2. The third kappa shape index (κ3) is 6.52. The van der Waals surface area contributed by atoms with Crippen molar-refractivity contribution >= 4 is 11.9 Å². The number of rotatable bonds is 2. The summed E-state index contributed by atoms with van der Waals surface area (Å²) in [6.45, 7) is 11.1. The lowest BCUT2D eigenvalue weighted by Gasteiger charge is -2.25. The van der Waals surface area contributed by atoms with E-state index in [2.05, 4.69) is 17.9 Å². The number of morpholine rings is 1. The first-order valence-corrected chi connectivity index (χ1v) is 5.25. The molecule has 17 heavy (non-hydrogen) atoms. The smallest absolute Gasteiger partial charge is 0.332 e. The third-order valence-corrected chi connectivity index (χ3v) is 2.03. The summed E-state index contributed by atoms with van der Waals surface area (Å²) < 4.78 is 9.34. The highest BCUT2D eigenvalue weighted by atomic mass is 16.5. The number of methoxy groups -OCH3 is 1. The quantitative estimate of drug-likeness (QED) is 0.529. The van der Waals surface area contributed by atoms with E-state index in [1.807, 2.05) is 0 Å². The van der Waals surface area contributed by atoms with Crippen molar-refractivity contribution in [3.63, 3.8) is 0 Å². The van der Waals surface area contributed by atoms with E-state index in [1.54, 1.807) is 11.8 Å². The Morgan fingerprint density at radius 1 is 1.35 bits per heavy atom. The van der Waals surface area contributed by atoms with Gasteiger partial charge in [-0.15, -0.1) is 0 Å². The van der Waals surface area contributed by atoms with E-state index < -0.39 is 0 Å². The highest BCUT2D eigenvalue weighted by molar-refractivity contribution is 5.87. The van der Waals surface area contributed by atoms with Gasteiger partial charge in [-0.3, -0.25) is 4.79 Å². The van der Waals surface area contributed by atoms with Gasteiger partial charge in [-0.05, 0) is 13.0 Å². The van der Waals surface area contributed by atoms with E-state index in [-0.39, 0.29) is 11.9 Å². The van der Waals surface area contributed by atoms with Gasteiger partial charge < -0.3 is 14.4 Å². The zero-order valence-corrected chi connectivity index (χ0v) is 10.4. The van der Waals surface area contributed by atoms with Gasteiger partial charge in [0.25, 0.3) is 0 Å². The van der Waals surface area contributed by atoms with Crippen molar-refractivity contribution in [2.75, 3.05) is 33.4 Å². The molecule has 0 bridgehead atoms. The van der Waals surface area contributed by atoms with E-state index in [0.29, 0.717) is 31.9 Å². The molecule has 1 amide bonds. The highest BCUT2D eigenvalue weighted by Gasteiger charge is 2.12. The molecule has 1 fully saturated rings. The normalized spacial score (nSPS) is 14.1. The Labute approximate surface area is 102 Å². The number of amides is 1. The third-order valence-electron chi connectivity index (χ3n) is 2.03. The molecule has 0 aromatic rings. The van der Waals surface area contributed by atoms with Crippen LogP contribution in [0.4, 0.5) is 0 Å². The Hall–Kier alpha value is -1.62. The van der Waals surface area contributed by atoms with Crippen molar-refractivity contribution in [3.8, 4) is 0 Å². The molecule has 0 aromatic heterocycles. The van der Waals surface area contributed by atoms with E-state index in [0.717, 1.165) is 0 Å². The van der Waals surface area contributed by atoms with Crippen molar-refractivity contribution in [2.45, 2.75) is 6.92 Å². The maximum atomic E-state index is 10.9. The molecule has 0 atom stereocenters. The molecule has 1 aliphatic heterocycles. The van der Waals surface area contributed by atoms with Gasteiger partial charge in [0.05, 0.1) is 20.3 Å². The van der Waals surface area contributed by atoms with Gasteiger partial charge in [0.15, 0.2) is 0 Å². The molecular formula is C12H19NO4. The molecule has 5 nitrogen and oxygen atoms in total. The van der Waals surface area contributed by atoms with Gasteiger partial charge in [-0.2, -0.15) is 0 Å². The molecule has 96 valence electrons. The zero-order valence-electron chi connectivity index (χ0n) is 10.4. The van der Waals surface area contributed by atoms with Crippen LogP contribution in [0.3, 0.4) is 0 Å². The van der Waals surface area contributed by atoms with Gasteiger partial charge in [0.1, 0.15) is 0 Å². The topological polar surface area (TPSA) is 55.8 Å². The van der Waals surface area contributed by atoms with Crippen LogP contribution in [-0.4, -0.2) is 50.2 Å². The van der Waals surface area contributed by atoms with E-state index in [1.165, 1.54) is 13.2 Å². The minimum absolute atomic E-state index is 0.00306. The van der Waals surface area contributed by atoms with Crippen molar-refractivity contribution in [1.29, 1.82) is 0 Å². The minimum Gasteiger partial charge on any atom is -0.466 e. The molecule has 0 radical (unpaired) electrons. The largest absolute Gasteiger partial charge is 0.466 e. The molecule has 1 heterocycles. The Bertz CT molecular complexity index is 293. The minimum atomic E-state index is -0.347. The molecule has 0 aliphatic carbocycles. The van der Waals surface area contributed by atoms with Gasteiger partial charge in [0, 0.05) is 18.7 Å². The molecule has 5 heteroatoms. The van der Waals surface area contributed by atoms with E-state index >= 15 is 0 Å². The number of esters is 1. The van der Waals surface area contributed by atoms with Crippen LogP contribution in [-0.2, 0) is 19.1 Å². The second kappa shape index (κ2) is 8.52. The number of nitrogens with zero attached hydrogens (tertiary/aromatic N) is 1. The lowest BCUT2D eigenvalue weighted by atomic mass is 10.4. The Kier molecular flexibility index (Phi) is 7.71. The van der Waals surface area contributed by atoms with Crippen molar-refractivity contribution in [1.82, 2.24) is 4.90 Å². The standard InChI is InChI=1S/C7H11NO2.C5H8O2/c1-2-7(9)8-3-5-10-6-4-8;1-4(2)5(6)7-3/h2H,1,3-6H2;1H2,2-3H3. The Morgan fingerprint density at radius 3 is 2.18 bits per heavy atom. The molecule has 1 saturated heterocycles. The van der Waals surface area contributed by atoms with E-state index in [9.17, 15) is 9.59 Å². The molecular weight excluding hydrogens is 222 g/mol. The first-order valence-electron chi connectivity index (χ1n) is 5.25. The lowest BCUT2D eigenvalue weighted by Crippen LogP contribution is -2.39. The fourth-order valence-corrected chi connectivity index (χ4v) is 1.09. The van der Waals surface area contributed by atoms with Gasteiger partial charge in [-0.1, -0.05) is 13.2 Å². The second-order valence-electron chi connectivity index (χ2n) is 3.41. The molecule has 0 unspecified atom stereocenters. The summed E-state index contributed by atoms with van der Waals surface area (Å²) in [5, 5.41) is 0. The fraction of sp³-hybridized carbons (Fsp3) is 0.500. The van der Waals surface area contributed by atoms with Crippen LogP contribution in [0.2, 0.25) is 0 Å². The number of carbonyl (C=O) groups excluding carboxylic acids is 2. The lowest BCUT2D eigenvalue weighted by molar-refractivity contribution is -0.136. The summed E-state index contributed by atoms with van der Waals surface area (Å²) in [7, 11) is 1.33. The summed E-state index contributed by atoms with van der Waals surface area (Å²) in [5.74, 6) is -0.344. The van der Waals surface area contributed by atoms with Crippen LogP contribution in [0.15, 0.2) is 24.8 Å². The first-order chi connectivity index (χ1) is 8.02. The maximum absolute atomic E-state index is 10.9. The van der Waals surface area contributed by atoms with Crippen molar-refractivity contribution in [3.05, 3.63) is 24.8 Å². The Morgan fingerprint density at radius 2 is 1.88 bits per heavy atom. The summed E-state index contributed by atoms with van der Waals surface area (Å²) >= 11 is 0. The first kappa shape index (κ1) is 15.4. The van der Waals surface area contributed by atoms with E-state index in [4.69, 9.17) is 4.74 Å². The Balaban J connectivity index is 0.000000325. The monoisotopic (exact) mass is 241 g/mol. The number of carbonyl (C=O) groups is 2. The molecule has 0 aromatic carbocycles. The average molecular weight is 241 g/mol. The molecule has 0 spiro atoms. The fourth-order valence-electron chi connectivity index (χ4n) is 1.09. The summed E-state index contributed by atoms with van der Waals surface area (Å²) in [5.41, 5.74) is 0.433. The summed E-state index contributed by atoms with van der Waals surface area (Å²) in [6.07, 6.45) is 1.34. The number of hydrogen-bond acceptors (Lipinski definition) is 4. The van der Waals surface area contributed by atoms with Crippen LogP contribution in [0.25, 0.3) is 0 Å². The molecule has 1 rings (SSSR count). The maximum Gasteiger partial charge on any atom is 0.332 e. The van der Waals surface area contributed by atoms with Crippen LogP contribution in [0, 0.1) is 0 Å². The zero-order chi connectivity index (χ0) is 13.3. The van der Waals surface area contributed by atoms with Crippen LogP contribution < -0.4 is 0 Å². The van der Waals surface area contributed by atoms with Crippen LogP contribution in [0.1, 0.15) is 6.92 Å². The van der Waals surface area contributed by atoms with Gasteiger partial charge >= 0.3 is 5.97 Å². The summed E-state index contributed by atoms with van der Waals surface area (Å²) in [6, 6.07) is 0. The predicted molar refractivity (Wildman–Crippen MR) is 64.4 cm³/mol. The number of hydrogen-bond donors (Lipinski definition) is 0. The SMILES string of the molecule is C=C(C)C(=O)OC.C=CC(=O)N1CCOCC1. The van der Waals surface area contributed by atoms with Gasteiger partial charge in [-0.25, -0.2) is 4.79 Å². The second-order valence-corrected chi connectivity index (χ2v) is 3.41. The van der Waals surface area contributed by atoms with Crippen molar-refractivity contribution < 1.29 is 19.1 Å². The van der Waals surface area contributed by atoms with Crippen LogP contribution >= 0.6 is 0 Å².